The summed E-state index contributed by atoms with van der Waals surface area (Å²) in [6.45, 7) is 5.00. The fourth-order valence-corrected chi connectivity index (χ4v) is 1.06. The second-order valence-electron chi connectivity index (χ2n) is 2.26. The number of halogens is 1. The van der Waals surface area contributed by atoms with E-state index in [9.17, 15) is 0 Å². The molecule has 0 bridgehead atoms. The molecule has 0 saturated heterocycles. The molecule has 0 atom stereocenters. The Kier molecular flexibility index (Phi) is 11.1. The zero-order valence-corrected chi connectivity index (χ0v) is 11.5. The normalized spacial score (nSPS) is 7.57. The van der Waals surface area contributed by atoms with Gasteiger partial charge in [-0.3, -0.25) is 0 Å². The van der Waals surface area contributed by atoms with E-state index in [0.29, 0.717) is 0 Å². The zero-order valence-electron chi connectivity index (χ0n) is 8.36. The van der Waals surface area contributed by atoms with Crippen molar-refractivity contribution in [2.75, 3.05) is 0 Å². The van der Waals surface area contributed by atoms with Crippen LogP contribution in [0, 0.1) is 13.0 Å². The molecule has 0 radical (unpaired) electrons. The largest absolute Gasteiger partial charge is 2.00 e. The van der Waals surface area contributed by atoms with E-state index in [0.717, 1.165) is 0 Å². The molecule has 2 aromatic carbocycles. The van der Waals surface area contributed by atoms with E-state index < -0.39 is 0 Å². The maximum absolute atomic E-state index is 3.25. The van der Waals surface area contributed by atoms with E-state index in [-0.39, 0.29) is 40.0 Å². The summed E-state index contributed by atoms with van der Waals surface area (Å²) < 4.78 is 0. The summed E-state index contributed by atoms with van der Waals surface area (Å²) >= 11 is 0. The predicted molar refractivity (Wildman–Crippen MR) is 69.9 cm³/mol. The average Bonchev–Trinajstić information content (AvgIpc) is 2.21. The quantitative estimate of drug-likeness (QED) is 0.501. The molecule has 0 fully saturated rings. The molecular formula is C12H13BrMg. The van der Waals surface area contributed by atoms with E-state index in [1.54, 1.807) is 6.92 Å². The van der Waals surface area contributed by atoms with Gasteiger partial charge in [-0.25, -0.2) is 0 Å². The van der Waals surface area contributed by atoms with Crippen LogP contribution in [0.3, 0.4) is 0 Å². The summed E-state index contributed by atoms with van der Waals surface area (Å²) in [5.41, 5.74) is 0. The van der Waals surface area contributed by atoms with Gasteiger partial charge in [0.05, 0.1) is 0 Å². The van der Waals surface area contributed by atoms with Crippen molar-refractivity contribution in [2.45, 2.75) is 6.92 Å². The van der Waals surface area contributed by atoms with Crippen LogP contribution in [0.5, 0.6) is 0 Å². The first-order valence-corrected chi connectivity index (χ1v) is 4.03. The number of benzene rings is 2. The van der Waals surface area contributed by atoms with E-state index in [1.165, 1.54) is 10.8 Å². The number of fused-ring (bicyclic) bond motifs is 1. The number of rotatable bonds is 0. The van der Waals surface area contributed by atoms with Crippen molar-refractivity contribution in [1.29, 1.82) is 0 Å². The molecule has 14 heavy (non-hydrogen) atoms. The smallest absolute Gasteiger partial charge is 0.346 e. The Bertz CT molecular complexity index is 281. The third-order valence-corrected chi connectivity index (χ3v) is 1.57. The average molecular weight is 261 g/mol. The summed E-state index contributed by atoms with van der Waals surface area (Å²) in [5, 5.41) is 2.44. The fourth-order valence-electron chi connectivity index (χ4n) is 1.06. The van der Waals surface area contributed by atoms with Crippen LogP contribution in [0.1, 0.15) is 6.92 Å². The first kappa shape index (κ1) is 16.4. The van der Waals surface area contributed by atoms with Gasteiger partial charge in [-0.1, -0.05) is 12.1 Å². The third-order valence-electron chi connectivity index (χ3n) is 1.57. The maximum Gasteiger partial charge on any atom is 2.00 e. The minimum Gasteiger partial charge on any atom is -0.346 e. The van der Waals surface area contributed by atoms with Crippen molar-refractivity contribution in [3.05, 3.63) is 55.5 Å². The van der Waals surface area contributed by atoms with Crippen molar-refractivity contribution in [3.63, 3.8) is 0 Å². The standard InChI is InChI=1S/C10H7.C2H5.BrH.Mg/c1-2-6-10-8-4-3-7-9(10)5-1;1-2;;/h1-7H;1H2,2H3;1H;/q2*-1;;+2. The summed E-state index contributed by atoms with van der Waals surface area (Å²) in [4.78, 5) is 0. The second kappa shape index (κ2) is 9.50. The van der Waals surface area contributed by atoms with E-state index >= 15 is 0 Å². The van der Waals surface area contributed by atoms with E-state index in [4.69, 9.17) is 0 Å². The molecule has 0 aliphatic carbocycles. The number of hydrogen-bond acceptors (Lipinski definition) is 0. The number of hydrogen-bond donors (Lipinski definition) is 0. The van der Waals surface area contributed by atoms with Gasteiger partial charge in [0.1, 0.15) is 0 Å². The summed E-state index contributed by atoms with van der Waals surface area (Å²) in [7, 11) is 0. The molecule has 0 aromatic heterocycles. The summed E-state index contributed by atoms with van der Waals surface area (Å²) in [6.07, 6.45) is 0. The van der Waals surface area contributed by atoms with Gasteiger partial charge in [0.15, 0.2) is 0 Å². The molecular weight excluding hydrogens is 248 g/mol. The molecule has 70 valence electrons. The topological polar surface area (TPSA) is 0 Å². The van der Waals surface area contributed by atoms with Crippen LogP contribution in [-0.4, -0.2) is 23.1 Å². The Morgan fingerprint density at radius 2 is 1.57 bits per heavy atom. The Labute approximate surface area is 113 Å². The van der Waals surface area contributed by atoms with Gasteiger partial charge in [-0.2, -0.15) is 6.92 Å². The molecule has 0 spiro atoms. The minimum absolute atomic E-state index is 0. The van der Waals surface area contributed by atoms with Gasteiger partial charge in [0, 0.05) is 0 Å². The minimum atomic E-state index is 0. The molecule has 0 nitrogen and oxygen atoms in total. The SMILES string of the molecule is Br.[CH2-]C.[Mg+2].[c-]1cccc2ccccc12. The predicted octanol–water partition coefficient (Wildman–Crippen LogP) is 3.68. The maximum atomic E-state index is 3.25. The Balaban J connectivity index is 0. The molecule has 0 aliphatic rings. The van der Waals surface area contributed by atoms with Crippen LogP contribution in [-0.2, 0) is 0 Å². The van der Waals surface area contributed by atoms with Crippen molar-refractivity contribution >= 4 is 50.8 Å². The van der Waals surface area contributed by atoms with Gasteiger partial charge in [0.25, 0.3) is 0 Å². The van der Waals surface area contributed by atoms with Crippen molar-refractivity contribution in [1.82, 2.24) is 0 Å². The first-order chi connectivity index (χ1) is 5.97. The van der Waals surface area contributed by atoms with Crippen LogP contribution in [0.25, 0.3) is 10.8 Å². The van der Waals surface area contributed by atoms with Gasteiger partial charge in [-0.05, 0) is 0 Å². The van der Waals surface area contributed by atoms with Crippen LogP contribution < -0.4 is 0 Å². The van der Waals surface area contributed by atoms with Gasteiger partial charge < -0.3 is 6.92 Å². The van der Waals surface area contributed by atoms with Crippen molar-refractivity contribution < 1.29 is 0 Å². The van der Waals surface area contributed by atoms with Crippen molar-refractivity contribution in [2.24, 2.45) is 0 Å². The molecule has 0 N–H and O–H groups in total. The Hall–Kier alpha value is -0.0538. The van der Waals surface area contributed by atoms with E-state index in [1.807, 2.05) is 24.3 Å². The fraction of sp³-hybridized carbons (Fsp3) is 0.0833. The summed E-state index contributed by atoms with van der Waals surface area (Å²) in [5.74, 6) is 0. The van der Waals surface area contributed by atoms with Crippen LogP contribution in [0.4, 0.5) is 0 Å². The van der Waals surface area contributed by atoms with Gasteiger partial charge in [-0.15, -0.1) is 64.2 Å². The molecule has 0 aliphatic heterocycles. The van der Waals surface area contributed by atoms with Gasteiger partial charge >= 0.3 is 23.1 Å². The molecule has 2 rings (SSSR count). The first-order valence-electron chi connectivity index (χ1n) is 4.03. The molecule has 0 unspecified atom stereocenters. The van der Waals surface area contributed by atoms with Crippen LogP contribution >= 0.6 is 17.0 Å². The molecule has 2 heteroatoms. The van der Waals surface area contributed by atoms with Crippen molar-refractivity contribution in [3.8, 4) is 0 Å². The molecule has 0 saturated carbocycles. The monoisotopic (exact) mass is 260 g/mol. The van der Waals surface area contributed by atoms with Gasteiger partial charge in [0.2, 0.25) is 0 Å². The third kappa shape index (κ3) is 4.44. The summed E-state index contributed by atoms with van der Waals surface area (Å²) in [6, 6.07) is 17.4. The Morgan fingerprint density at radius 3 is 2.21 bits per heavy atom. The molecule has 0 heterocycles. The van der Waals surface area contributed by atoms with Crippen LogP contribution in [0.2, 0.25) is 0 Å². The van der Waals surface area contributed by atoms with E-state index in [2.05, 4.69) is 31.2 Å². The second-order valence-corrected chi connectivity index (χ2v) is 2.26. The zero-order chi connectivity index (χ0) is 8.81. The Morgan fingerprint density at radius 1 is 1.00 bits per heavy atom. The van der Waals surface area contributed by atoms with Crippen LogP contribution in [0.15, 0.2) is 42.5 Å². The molecule has 2 aromatic rings. The molecule has 0 amide bonds.